The van der Waals surface area contributed by atoms with E-state index in [0.29, 0.717) is 6.42 Å². The Kier molecular flexibility index (Phi) is 4.98. The van der Waals surface area contributed by atoms with E-state index in [0.717, 1.165) is 23.2 Å². The number of hydrogen-bond acceptors (Lipinski definition) is 4. The molecular formula is C17H18O4S. The highest BCUT2D eigenvalue weighted by molar-refractivity contribution is 7.90. The second kappa shape index (κ2) is 6.75. The zero-order valence-corrected chi connectivity index (χ0v) is 13.3. The first-order valence-electron chi connectivity index (χ1n) is 6.83. The molecule has 0 spiro atoms. The fourth-order valence-corrected chi connectivity index (χ4v) is 2.97. The summed E-state index contributed by atoms with van der Waals surface area (Å²) >= 11 is 0. The third-order valence-corrected chi connectivity index (χ3v) is 4.69. The van der Waals surface area contributed by atoms with Crippen LogP contribution < -0.4 is 4.74 Å². The zero-order chi connectivity index (χ0) is 16.2. The van der Waals surface area contributed by atoms with Crippen molar-refractivity contribution in [1.82, 2.24) is 0 Å². The molecule has 0 radical (unpaired) electrons. The Hall–Kier alpha value is -2.14. The Bertz CT molecular complexity index is 731. The molecule has 22 heavy (non-hydrogen) atoms. The molecule has 0 aliphatic rings. The van der Waals surface area contributed by atoms with Crippen molar-refractivity contribution >= 4 is 16.1 Å². The van der Waals surface area contributed by atoms with Crippen molar-refractivity contribution in [3.63, 3.8) is 0 Å². The van der Waals surface area contributed by atoms with E-state index in [1.165, 1.54) is 6.26 Å². The van der Waals surface area contributed by atoms with Gasteiger partial charge in [-0.3, -0.25) is 0 Å². The molecule has 2 rings (SSSR count). The number of hydrogen-bond donors (Lipinski definition) is 0. The Morgan fingerprint density at radius 2 is 1.50 bits per heavy atom. The van der Waals surface area contributed by atoms with Crippen molar-refractivity contribution in [3.05, 3.63) is 59.7 Å². The second-order valence-corrected chi connectivity index (χ2v) is 7.09. The van der Waals surface area contributed by atoms with E-state index in [1.54, 1.807) is 31.4 Å². The minimum Gasteiger partial charge on any atom is -0.497 e. The first-order valence-corrected chi connectivity index (χ1v) is 8.72. The number of methoxy groups -OCH3 is 1. The van der Waals surface area contributed by atoms with E-state index in [4.69, 9.17) is 4.74 Å². The van der Waals surface area contributed by atoms with Gasteiger partial charge in [0.2, 0.25) is 0 Å². The van der Waals surface area contributed by atoms with Crippen LogP contribution in [0.4, 0.5) is 0 Å². The topological polar surface area (TPSA) is 60.4 Å². The predicted octanol–water partition coefficient (Wildman–Crippen LogP) is 2.82. The summed E-state index contributed by atoms with van der Waals surface area (Å²) in [7, 11) is -1.62. The van der Waals surface area contributed by atoms with Crippen LogP contribution in [0.25, 0.3) is 0 Å². The summed E-state index contributed by atoms with van der Waals surface area (Å²) in [5.41, 5.74) is 1.89. The van der Waals surface area contributed by atoms with Gasteiger partial charge in [-0.05, 0) is 35.4 Å². The SMILES string of the molecule is COc1ccc([C@H](CC=O)c2ccc(S(C)(=O)=O)cc2)cc1. The fraction of sp³-hybridized carbons (Fsp3) is 0.235. The molecule has 2 aromatic carbocycles. The number of aldehydes is 1. The van der Waals surface area contributed by atoms with E-state index in [-0.39, 0.29) is 10.8 Å². The van der Waals surface area contributed by atoms with E-state index < -0.39 is 9.84 Å². The summed E-state index contributed by atoms with van der Waals surface area (Å²) in [5, 5.41) is 0. The average Bonchev–Trinajstić information content (AvgIpc) is 2.52. The van der Waals surface area contributed by atoms with Crippen molar-refractivity contribution in [1.29, 1.82) is 0 Å². The Morgan fingerprint density at radius 1 is 1.00 bits per heavy atom. The van der Waals surface area contributed by atoms with E-state index in [9.17, 15) is 13.2 Å². The molecule has 1 atom stereocenters. The summed E-state index contributed by atoms with van der Waals surface area (Å²) in [5.74, 6) is 0.651. The molecule has 0 heterocycles. The number of sulfone groups is 1. The molecule has 0 unspecified atom stereocenters. The van der Waals surface area contributed by atoms with Crippen LogP contribution in [0.1, 0.15) is 23.5 Å². The third kappa shape index (κ3) is 3.74. The molecular weight excluding hydrogens is 300 g/mol. The molecule has 0 saturated heterocycles. The molecule has 0 fully saturated rings. The van der Waals surface area contributed by atoms with Gasteiger partial charge in [-0.1, -0.05) is 24.3 Å². The fourth-order valence-electron chi connectivity index (χ4n) is 2.34. The van der Waals surface area contributed by atoms with Gasteiger partial charge in [-0.25, -0.2) is 8.42 Å². The maximum Gasteiger partial charge on any atom is 0.175 e. The average molecular weight is 318 g/mol. The maximum atomic E-state index is 11.5. The first-order chi connectivity index (χ1) is 10.5. The van der Waals surface area contributed by atoms with Crippen LogP contribution in [0.15, 0.2) is 53.4 Å². The lowest BCUT2D eigenvalue weighted by Gasteiger charge is -2.16. The van der Waals surface area contributed by atoms with Gasteiger partial charge in [0.25, 0.3) is 0 Å². The standard InChI is InChI=1S/C17H18O4S/c1-21-15-7-3-13(4-8-15)17(11-12-18)14-5-9-16(10-6-14)22(2,19)20/h3-10,12,17H,11H2,1-2H3/t17-/m0/s1. The van der Waals surface area contributed by atoms with Gasteiger partial charge < -0.3 is 9.53 Å². The van der Waals surface area contributed by atoms with Gasteiger partial charge in [0.15, 0.2) is 9.84 Å². The number of carbonyl (C=O) groups is 1. The quantitative estimate of drug-likeness (QED) is 0.768. The Morgan fingerprint density at radius 3 is 1.91 bits per heavy atom. The van der Waals surface area contributed by atoms with E-state index in [1.807, 2.05) is 24.3 Å². The van der Waals surface area contributed by atoms with Gasteiger partial charge in [0.1, 0.15) is 12.0 Å². The highest BCUT2D eigenvalue weighted by atomic mass is 32.2. The van der Waals surface area contributed by atoms with Crippen LogP contribution in [0.5, 0.6) is 5.75 Å². The monoisotopic (exact) mass is 318 g/mol. The van der Waals surface area contributed by atoms with Crippen LogP contribution in [0.3, 0.4) is 0 Å². The minimum absolute atomic E-state index is 0.1000. The van der Waals surface area contributed by atoms with Crippen molar-refractivity contribution < 1.29 is 17.9 Å². The summed E-state index contributed by atoms with van der Waals surface area (Å²) < 4.78 is 28.2. The molecule has 5 heteroatoms. The van der Waals surface area contributed by atoms with Crippen LogP contribution in [-0.4, -0.2) is 28.1 Å². The van der Waals surface area contributed by atoms with Crippen molar-refractivity contribution in [2.75, 3.05) is 13.4 Å². The Balaban J connectivity index is 2.36. The molecule has 0 saturated carbocycles. The molecule has 116 valence electrons. The number of benzene rings is 2. The molecule has 0 bridgehead atoms. The summed E-state index contributed by atoms with van der Waals surface area (Å²) in [6.07, 6.45) is 2.39. The van der Waals surface area contributed by atoms with Gasteiger partial charge in [-0.2, -0.15) is 0 Å². The lowest BCUT2D eigenvalue weighted by molar-refractivity contribution is -0.108. The van der Waals surface area contributed by atoms with Crippen LogP contribution in [0.2, 0.25) is 0 Å². The molecule has 0 aromatic heterocycles. The van der Waals surface area contributed by atoms with Gasteiger partial charge in [0, 0.05) is 18.6 Å². The highest BCUT2D eigenvalue weighted by Crippen LogP contribution is 2.29. The number of carbonyl (C=O) groups excluding carboxylic acids is 1. The Labute approximate surface area is 130 Å². The van der Waals surface area contributed by atoms with Crippen molar-refractivity contribution in [2.45, 2.75) is 17.2 Å². The van der Waals surface area contributed by atoms with Gasteiger partial charge in [0.05, 0.1) is 12.0 Å². The van der Waals surface area contributed by atoms with Crippen LogP contribution in [0, 0.1) is 0 Å². The molecule has 2 aromatic rings. The largest absolute Gasteiger partial charge is 0.497 e. The van der Waals surface area contributed by atoms with Crippen LogP contribution in [-0.2, 0) is 14.6 Å². The van der Waals surface area contributed by atoms with Gasteiger partial charge >= 0.3 is 0 Å². The molecule has 0 aliphatic carbocycles. The zero-order valence-electron chi connectivity index (χ0n) is 12.5. The lowest BCUT2D eigenvalue weighted by Crippen LogP contribution is -2.03. The molecule has 4 nitrogen and oxygen atoms in total. The van der Waals surface area contributed by atoms with E-state index in [2.05, 4.69) is 0 Å². The number of ether oxygens (including phenoxy) is 1. The normalized spacial score (nSPS) is 12.6. The number of rotatable bonds is 6. The smallest absolute Gasteiger partial charge is 0.175 e. The summed E-state index contributed by atoms with van der Waals surface area (Å²) in [6.45, 7) is 0. The molecule has 0 aliphatic heterocycles. The third-order valence-electron chi connectivity index (χ3n) is 3.56. The first kappa shape index (κ1) is 16.2. The van der Waals surface area contributed by atoms with Gasteiger partial charge in [-0.15, -0.1) is 0 Å². The summed E-state index contributed by atoms with van der Waals surface area (Å²) in [6, 6.07) is 14.2. The summed E-state index contributed by atoms with van der Waals surface area (Å²) in [4.78, 5) is 11.3. The van der Waals surface area contributed by atoms with Crippen molar-refractivity contribution in [3.8, 4) is 5.75 Å². The molecule has 0 N–H and O–H groups in total. The maximum absolute atomic E-state index is 11.5. The highest BCUT2D eigenvalue weighted by Gasteiger charge is 2.15. The van der Waals surface area contributed by atoms with Crippen LogP contribution >= 0.6 is 0 Å². The molecule has 0 amide bonds. The predicted molar refractivity (Wildman–Crippen MR) is 85.1 cm³/mol. The lowest BCUT2D eigenvalue weighted by atomic mass is 9.89. The van der Waals surface area contributed by atoms with Crippen molar-refractivity contribution in [2.24, 2.45) is 0 Å². The van der Waals surface area contributed by atoms with E-state index >= 15 is 0 Å². The second-order valence-electron chi connectivity index (χ2n) is 5.07. The minimum atomic E-state index is -3.22.